The molecular formula is C12H12FNS. The Bertz CT molecular complexity index is 447. The maximum absolute atomic E-state index is 12.7. The van der Waals surface area contributed by atoms with E-state index in [1.165, 1.54) is 17.0 Å². The second-order valence-corrected chi connectivity index (χ2v) is 4.58. The molecule has 0 aliphatic rings. The topological polar surface area (TPSA) is 26.0 Å². The third kappa shape index (κ3) is 2.08. The van der Waals surface area contributed by atoms with Gasteiger partial charge in [-0.25, -0.2) is 4.39 Å². The molecule has 0 aliphatic carbocycles. The first-order valence-electron chi connectivity index (χ1n) is 4.73. The summed E-state index contributed by atoms with van der Waals surface area (Å²) in [5.41, 5.74) is 8.16. The molecule has 2 N–H and O–H groups in total. The van der Waals surface area contributed by atoms with Crippen LogP contribution in [0.4, 0.5) is 4.39 Å². The number of thiophene rings is 1. The highest BCUT2D eigenvalue weighted by molar-refractivity contribution is 7.10. The fraction of sp³-hybridized carbons (Fsp3) is 0.167. The fourth-order valence-electron chi connectivity index (χ4n) is 1.57. The van der Waals surface area contributed by atoms with E-state index >= 15 is 0 Å². The summed E-state index contributed by atoms with van der Waals surface area (Å²) in [4.78, 5) is 1.21. The zero-order valence-corrected chi connectivity index (χ0v) is 9.22. The zero-order valence-electron chi connectivity index (χ0n) is 8.41. The summed E-state index contributed by atoms with van der Waals surface area (Å²) in [6.07, 6.45) is 0. The Hall–Kier alpha value is -1.19. The van der Waals surface area contributed by atoms with Gasteiger partial charge in [-0.3, -0.25) is 0 Å². The third-order valence-corrected chi connectivity index (χ3v) is 3.32. The van der Waals surface area contributed by atoms with Crippen molar-refractivity contribution in [2.24, 2.45) is 5.73 Å². The maximum Gasteiger partial charge on any atom is 0.123 e. The lowest BCUT2D eigenvalue weighted by atomic mass is 10.0. The summed E-state index contributed by atoms with van der Waals surface area (Å²) in [5.74, 6) is -0.229. The monoisotopic (exact) mass is 221 g/mol. The van der Waals surface area contributed by atoms with Crippen molar-refractivity contribution in [1.82, 2.24) is 0 Å². The number of hydrogen-bond acceptors (Lipinski definition) is 2. The van der Waals surface area contributed by atoms with E-state index in [1.807, 2.05) is 18.4 Å². The highest BCUT2D eigenvalue weighted by Crippen LogP contribution is 2.26. The van der Waals surface area contributed by atoms with E-state index in [0.717, 1.165) is 11.1 Å². The van der Waals surface area contributed by atoms with Crippen LogP contribution in [0.5, 0.6) is 0 Å². The smallest absolute Gasteiger partial charge is 0.123 e. The highest BCUT2D eigenvalue weighted by atomic mass is 32.1. The molecule has 0 fully saturated rings. The van der Waals surface area contributed by atoms with Gasteiger partial charge >= 0.3 is 0 Å². The molecule has 1 unspecified atom stereocenters. The lowest BCUT2D eigenvalue weighted by molar-refractivity contribution is 0.626. The van der Waals surface area contributed by atoms with Crippen LogP contribution < -0.4 is 5.73 Å². The fourth-order valence-corrected chi connectivity index (χ4v) is 2.32. The van der Waals surface area contributed by atoms with E-state index in [0.29, 0.717) is 0 Å². The average Bonchev–Trinajstić information content (AvgIpc) is 2.65. The molecule has 0 amide bonds. The van der Waals surface area contributed by atoms with E-state index in [-0.39, 0.29) is 11.9 Å². The van der Waals surface area contributed by atoms with Crippen molar-refractivity contribution in [2.75, 3.05) is 0 Å². The lowest BCUT2D eigenvalue weighted by Gasteiger charge is -2.11. The predicted molar refractivity (Wildman–Crippen MR) is 61.5 cm³/mol. The number of nitrogens with two attached hydrogens (primary N) is 1. The summed E-state index contributed by atoms with van der Waals surface area (Å²) in [6.45, 7) is 2.05. The summed E-state index contributed by atoms with van der Waals surface area (Å²) >= 11 is 1.68. The van der Waals surface area contributed by atoms with E-state index in [4.69, 9.17) is 5.73 Å². The lowest BCUT2D eigenvalue weighted by Crippen LogP contribution is -2.11. The van der Waals surface area contributed by atoms with Crippen LogP contribution >= 0.6 is 11.3 Å². The van der Waals surface area contributed by atoms with Crippen LogP contribution in [0.2, 0.25) is 0 Å². The Morgan fingerprint density at radius 2 is 1.87 bits per heavy atom. The molecule has 1 aromatic carbocycles. The van der Waals surface area contributed by atoms with Crippen molar-refractivity contribution in [3.63, 3.8) is 0 Å². The van der Waals surface area contributed by atoms with Crippen molar-refractivity contribution < 1.29 is 4.39 Å². The molecule has 0 aliphatic heterocycles. The van der Waals surface area contributed by atoms with E-state index < -0.39 is 0 Å². The first-order valence-corrected chi connectivity index (χ1v) is 5.61. The van der Waals surface area contributed by atoms with Crippen LogP contribution in [-0.2, 0) is 0 Å². The van der Waals surface area contributed by atoms with Gasteiger partial charge in [-0.2, -0.15) is 0 Å². The normalized spacial score (nSPS) is 12.7. The van der Waals surface area contributed by atoms with E-state index in [9.17, 15) is 4.39 Å². The molecule has 0 saturated carbocycles. The number of benzene rings is 1. The largest absolute Gasteiger partial charge is 0.320 e. The van der Waals surface area contributed by atoms with Crippen molar-refractivity contribution >= 4 is 11.3 Å². The van der Waals surface area contributed by atoms with Crippen molar-refractivity contribution in [2.45, 2.75) is 13.0 Å². The number of aryl methyl sites for hydroxylation is 1. The zero-order chi connectivity index (χ0) is 10.8. The Balaban J connectivity index is 2.32. The van der Waals surface area contributed by atoms with Crippen LogP contribution in [0.15, 0.2) is 35.7 Å². The van der Waals surface area contributed by atoms with Gasteiger partial charge in [0.2, 0.25) is 0 Å². The molecule has 3 heteroatoms. The van der Waals surface area contributed by atoms with Gasteiger partial charge in [0, 0.05) is 4.88 Å². The molecule has 0 spiro atoms. The average molecular weight is 221 g/mol. The molecule has 0 bridgehead atoms. The summed E-state index contributed by atoms with van der Waals surface area (Å²) in [7, 11) is 0. The molecule has 1 nitrogen and oxygen atoms in total. The Morgan fingerprint density at radius 1 is 1.20 bits per heavy atom. The Kier molecular flexibility index (Phi) is 2.84. The third-order valence-electron chi connectivity index (χ3n) is 2.46. The van der Waals surface area contributed by atoms with Gasteiger partial charge in [0.25, 0.3) is 0 Å². The number of hydrogen-bond donors (Lipinski definition) is 1. The highest BCUT2D eigenvalue weighted by Gasteiger charge is 2.11. The van der Waals surface area contributed by atoms with Gasteiger partial charge in [-0.15, -0.1) is 11.3 Å². The molecule has 2 aromatic rings. The first kappa shape index (κ1) is 10.3. The number of rotatable bonds is 2. The Morgan fingerprint density at radius 3 is 2.40 bits per heavy atom. The van der Waals surface area contributed by atoms with Crippen LogP contribution in [0.3, 0.4) is 0 Å². The molecule has 15 heavy (non-hydrogen) atoms. The summed E-state index contributed by atoms with van der Waals surface area (Å²) < 4.78 is 12.7. The molecule has 1 heterocycles. The second kappa shape index (κ2) is 4.13. The summed E-state index contributed by atoms with van der Waals surface area (Å²) in [6, 6.07) is 8.22. The molecule has 1 aromatic heterocycles. The van der Waals surface area contributed by atoms with Gasteiger partial charge < -0.3 is 5.73 Å². The molecule has 0 radical (unpaired) electrons. The minimum Gasteiger partial charge on any atom is -0.320 e. The minimum atomic E-state index is -0.229. The minimum absolute atomic E-state index is 0.156. The van der Waals surface area contributed by atoms with E-state index in [2.05, 4.69) is 0 Å². The van der Waals surface area contributed by atoms with Crippen molar-refractivity contribution in [1.29, 1.82) is 0 Å². The predicted octanol–water partition coefficient (Wildman–Crippen LogP) is 3.24. The van der Waals surface area contributed by atoms with Crippen LogP contribution in [-0.4, -0.2) is 0 Å². The standard InChI is InChI=1S/C12H12FNS/c1-8-11(6-7-15-8)12(14)9-2-4-10(13)5-3-9/h2-7,12H,14H2,1H3. The van der Waals surface area contributed by atoms with Crippen LogP contribution in [0.1, 0.15) is 22.0 Å². The van der Waals surface area contributed by atoms with Crippen molar-refractivity contribution in [3.05, 3.63) is 57.5 Å². The SMILES string of the molecule is Cc1sccc1C(N)c1ccc(F)cc1. The second-order valence-electron chi connectivity index (χ2n) is 3.46. The number of halogens is 1. The molecule has 78 valence electrons. The van der Waals surface area contributed by atoms with Crippen LogP contribution in [0, 0.1) is 12.7 Å². The van der Waals surface area contributed by atoms with Crippen LogP contribution in [0.25, 0.3) is 0 Å². The Labute approximate surface area is 92.4 Å². The first-order chi connectivity index (χ1) is 7.18. The molecule has 2 rings (SSSR count). The van der Waals surface area contributed by atoms with Gasteiger partial charge in [-0.1, -0.05) is 12.1 Å². The molecular weight excluding hydrogens is 209 g/mol. The van der Waals surface area contributed by atoms with Gasteiger partial charge in [-0.05, 0) is 41.6 Å². The van der Waals surface area contributed by atoms with Crippen molar-refractivity contribution in [3.8, 4) is 0 Å². The molecule has 0 saturated heterocycles. The quantitative estimate of drug-likeness (QED) is 0.827. The van der Waals surface area contributed by atoms with Gasteiger partial charge in [0.1, 0.15) is 5.82 Å². The summed E-state index contributed by atoms with van der Waals surface area (Å²) in [5, 5.41) is 2.02. The van der Waals surface area contributed by atoms with E-state index in [1.54, 1.807) is 23.5 Å². The maximum atomic E-state index is 12.7. The molecule has 1 atom stereocenters. The van der Waals surface area contributed by atoms with Gasteiger partial charge in [0.15, 0.2) is 0 Å². The van der Waals surface area contributed by atoms with Gasteiger partial charge in [0.05, 0.1) is 6.04 Å².